The van der Waals surface area contributed by atoms with E-state index in [2.05, 4.69) is 5.32 Å². The van der Waals surface area contributed by atoms with E-state index in [0.717, 1.165) is 54.0 Å². The van der Waals surface area contributed by atoms with Crippen molar-refractivity contribution >= 4 is 47.7 Å². The van der Waals surface area contributed by atoms with Gasteiger partial charge in [-0.3, -0.25) is 38.4 Å². The SMILES string of the molecule is CO[C@@H]1O[C@H](COCc2ccccc2)[C@@H](O[C@@H]2O[C@H](COC(C)=O)[C@@H](OC(C)=O)[C@H](OC(C)=O)[C@H]2OC(C)=O)[C@H](O[C@@H]2O[C@@H](C)[C@@H](OC(C)=O)[C@@H](OC(C)=O)[C@@H]2OC(C)=O)[C@H]1NC(C)=O. The van der Waals surface area contributed by atoms with E-state index in [1.54, 1.807) is 12.1 Å². The highest BCUT2D eigenvalue weighted by atomic mass is 16.8. The summed E-state index contributed by atoms with van der Waals surface area (Å²) < 4.78 is 82.9. The summed E-state index contributed by atoms with van der Waals surface area (Å²) in [4.78, 5) is 100. The van der Waals surface area contributed by atoms with E-state index >= 15 is 0 Å². The Morgan fingerprint density at radius 3 is 1.46 bits per heavy atom. The molecule has 15 atom stereocenters. The van der Waals surface area contributed by atoms with Crippen molar-refractivity contribution in [3.63, 3.8) is 0 Å². The molecule has 3 aliphatic rings. The molecule has 0 aromatic heterocycles. The quantitative estimate of drug-likeness (QED) is 0.155. The Kier molecular flexibility index (Phi) is 19.6. The third-order valence-electron chi connectivity index (χ3n) is 9.81. The van der Waals surface area contributed by atoms with Gasteiger partial charge < -0.3 is 71.6 Å². The summed E-state index contributed by atoms with van der Waals surface area (Å²) in [6.07, 6.45) is -21.3. The number of methoxy groups -OCH3 is 1. The van der Waals surface area contributed by atoms with Gasteiger partial charge in [0.1, 0.15) is 37.1 Å². The maximum Gasteiger partial charge on any atom is 0.303 e. The van der Waals surface area contributed by atoms with Crippen LogP contribution in [-0.4, -0.2) is 160 Å². The van der Waals surface area contributed by atoms with Crippen LogP contribution in [0, 0.1) is 0 Å². The third kappa shape index (κ3) is 15.1. The molecule has 1 aromatic carbocycles. The predicted molar refractivity (Wildman–Crippen MR) is 212 cm³/mol. The highest BCUT2D eigenvalue weighted by Gasteiger charge is 2.59. The van der Waals surface area contributed by atoms with E-state index in [4.69, 9.17) is 66.3 Å². The third-order valence-corrected chi connectivity index (χ3v) is 9.81. The van der Waals surface area contributed by atoms with Crippen LogP contribution in [0.2, 0.25) is 0 Å². The van der Waals surface area contributed by atoms with Crippen LogP contribution in [0.25, 0.3) is 0 Å². The van der Waals surface area contributed by atoms with Gasteiger partial charge in [0, 0.05) is 62.5 Å². The first-order valence-corrected chi connectivity index (χ1v) is 20.5. The normalized spacial score (nSPS) is 32.1. The first-order valence-electron chi connectivity index (χ1n) is 20.5. The van der Waals surface area contributed by atoms with Crippen molar-refractivity contribution in [3.8, 4) is 0 Å². The molecular weight excluding hydrogens is 870 g/mol. The number of esters is 7. The Hall–Kier alpha value is -5.30. The summed E-state index contributed by atoms with van der Waals surface area (Å²) in [6, 6.07) is 7.68. The van der Waals surface area contributed by atoms with Crippen LogP contribution in [-0.2, 0) is 111 Å². The molecule has 3 fully saturated rings. The number of nitrogens with one attached hydrogen (secondary N) is 1. The fourth-order valence-electron chi connectivity index (χ4n) is 7.51. The van der Waals surface area contributed by atoms with Crippen LogP contribution in [0.5, 0.6) is 0 Å². The fraction of sp³-hybridized carbons (Fsp3) is 0.667. The smallest absolute Gasteiger partial charge is 0.303 e. The summed E-state index contributed by atoms with van der Waals surface area (Å²) in [7, 11) is 1.28. The summed E-state index contributed by atoms with van der Waals surface area (Å²) in [5, 5.41) is 2.72. The molecule has 0 aliphatic carbocycles. The zero-order valence-corrected chi connectivity index (χ0v) is 37.6. The molecule has 65 heavy (non-hydrogen) atoms. The molecule has 362 valence electrons. The average Bonchev–Trinajstić information content (AvgIpc) is 3.20. The second-order valence-electron chi connectivity index (χ2n) is 15.2. The Labute approximate surface area is 374 Å². The summed E-state index contributed by atoms with van der Waals surface area (Å²) in [6.45, 7) is 9.32. The van der Waals surface area contributed by atoms with Gasteiger partial charge in [-0.05, 0) is 12.5 Å². The van der Waals surface area contributed by atoms with E-state index < -0.39 is 146 Å². The number of rotatable bonds is 18. The van der Waals surface area contributed by atoms with E-state index in [1.165, 1.54) is 21.0 Å². The van der Waals surface area contributed by atoms with Gasteiger partial charge >= 0.3 is 41.8 Å². The number of amides is 1. The first kappa shape index (κ1) is 52.3. The zero-order chi connectivity index (χ0) is 48.1. The molecule has 1 N–H and O–H groups in total. The van der Waals surface area contributed by atoms with Gasteiger partial charge in [0.05, 0.1) is 19.3 Å². The van der Waals surface area contributed by atoms with Crippen LogP contribution in [0.15, 0.2) is 30.3 Å². The summed E-state index contributed by atoms with van der Waals surface area (Å²) in [5.41, 5.74) is 0.764. The maximum absolute atomic E-state index is 12.9. The summed E-state index contributed by atoms with van der Waals surface area (Å²) in [5.74, 6) is -6.61. The van der Waals surface area contributed by atoms with Crippen LogP contribution >= 0.6 is 0 Å². The van der Waals surface area contributed by atoms with Crippen LogP contribution in [0.3, 0.4) is 0 Å². The lowest BCUT2D eigenvalue weighted by molar-refractivity contribution is -0.373. The summed E-state index contributed by atoms with van der Waals surface area (Å²) >= 11 is 0. The minimum Gasteiger partial charge on any atom is -0.463 e. The lowest BCUT2D eigenvalue weighted by atomic mass is 9.94. The van der Waals surface area contributed by atoms with E-state index in [-0.39, 0.29) is 13.2 Å². The van der Waals surface area contributed by atoms with Crippen molar-refractivity contribution in [2.24, 2.45) is 0 Å². The van der Waals surface area contributed by atoms with Gasteiger partial charge in [-0.25, -0.2) is 0 Å². The minimum absolute atomic E-state index is 0.0458. The molecule has 23 nitrogen and oxygen atoms in total. The molecular formula is C42H57NO22. The number of hydrogen-bond acceptors (Lipinski definition) is 22. The number of ether oxygens (including phenoxy) is 14. The van der Waals surface area contributed by atoms with Crippen LogP contribution in [0.4, 0.5) is 0 Å². The molecule has 4 rings (SSSR count). The molecule has 3 aliphatic heterocycles. The topological polar surface area (TPSA) is 278 Å². The molecule has 3 heterocycles. The molecule has 3 saturated heterocycles. The number of hydrogen-bond donors (Lipinski definition) is 1. The van der Waals surface area contributed by atoms with Gasteiger partial charge in [0.25, 0.3) is 0 Å². The fourth-order valence-corrected chi connectivity index (χ4v) is 7.51. The highest BCUT2D eigenvalue weighted by molar-refractivity contribution is 5.73. The number of benzene rings is 1. The van der Waals surface area contributed by atoms with Crippen molar-refractivity contribution in [1.29, 1.82) is 0 Å². The van der Waals surface area contributed by atoms with E-state index in [9.17, 15) is 38.4 Å². The van der Waals surface area contributed by atoms with Gasteiger partial charge in [-0.2, -0.15) is 0 Å². The molecule has 1 amide bonds. The molecule has 0 unspecified atom stereocenters. The maximum atomic E-state index is 12.9. The Bertz CT molecular complexity index is 1830. The monoisotopic (exact) mass is 927 g/mol. The second kappa shape index (κ2) is 24.3. The largest absolute Gasteiger partial charge is 0.463 e. The zero-order valence-electron chi connectivity index (χ0n) is 37.6. The molecule has 23 heteroatoms. The van der Waals surface area contributed by atoms with Crippen molar-refractivity contribution in [3.05, 3.63) is 35.9 Å². The van der Waals surface area contributed by atoms with Crippen LogP contribution < -0.4 is 5.32 Å². The molecule has 0 radical (unpaired) electrons. The van der Waals surface area contributed by atoms with Crippen molar-refractivity contribution in [1.82, 2.24) is 5.32 Å². The first-order chi connectivity index (χ1) is 30.7. The highest BCUT2D eigenvalue weighted by Crippen LogP contribution is 2.37. The standard InChI is InChI=1S/C42H57NO22/c1-19-32(56-22(4)46)36(58-24(6)48)38(60-26(8)50)41(55-19)65-35-31(43-20(2)44)40(52-10)62-29(17-53-16-28-14-12-11-13-15-28)33(35)64-42-39(61-27(9)51)37(59-25(7)49)34(57-23(5)47)30(63-42)18-54-21(3)45/h11-15,19,29-42H,16-18H2,1-10H3,(H,43,44)/t19-,29+,30+,31+,32+,33+,34+,35+,36+,37-,38-,39+,40+,41-,42-/m0/s1. The lowest BCUT2D eigenvalue weighted by Crippen LogP contribution is -2.70. The number of carbonyl (C=O) groups excluding carboxylic acids is 8. The molecule has 1 aromatic rings. The van der Waals surface area contributed by atoms with E-state index in [0.29, 0.717) is 0 Å². The van der Waals surface area contributed by atoms with Crippen molar-refractivity contribution in [2.45, 2.75) is 161 Å². The Morgan fingerprint density at radius 1 is 0.508 bits per heavy atom. The molecule has 0 bridgehead atoms. The van der Waals surface area contributed by atoms with Gasteiger partial charge in [0.15, 0.2) is 55.5 Å². The van der Waals surface area contributed by atoms with Gasteiger partial charge in [-0.15, -0.1) is 0 Å². The van der Waals surface area contributed by atoms with Crippen LogP contribution in [0.1, 0.15) is 67.9 Å². The van der Waals surface area contributed by atoms with Crippen molar-refractivity contribution in [2.75, 3.05) is 20.3 Å². The van der Waals surface area contributed by atoms with Gasteiger partial charge in [-0.1, -0.05) is 30.3 Å². The number of carbonyl (C=O) groups is 8. The second-order valence-corrected chi connectivity index (χ2v) is 15.2. The van der Waals surface area contributed by atoms with Crippen molar-refractivity contribution < 1.29 is 105 Å². The molecule has 0 saturated carbocycles. The van der Waals surface area contributed by atoms with Gasteiger partial charge in [0.2, 0.25) is 5.91 Å². The average molecular weight is 928 g/mol. The molecule has 0 spiro atoms. The predicted octanol–water partition coefficient (Wildman–Crippen LogP) is 0.473. The Morgan fingerprint density at radius 2 is 0.954 bits per heavy atom. The lowest BCUT2D eigenvalue weighted by Gasteiger charge is -2.51. The Balaban J connectivity index is 1.92. The van der Waals surface area contributed by atoms with E-state index in [1.807, 2.05) is 18.2 Å². The minimum atomic E-state index is -1.83.